The van der Waals surface area contributed by atoms with E-state index in [1.165, 1.54) is 5.69 Å². The van der Waals surface area contributed by atoms with Gasteiger partial charge in [0.1, 0.15) is 0 Å². The molecule has 0 fully saturated rings. The van der Waals surface area contributed by atoms with Gasteiger partial charge >= 0.3 is 0 Å². The summed E-state index contributed by atoms with van der Waals surface area (Å²) in [7, 11) is 0. The molecule has 1 aromatic heterocycles. The number of hydrogen-bond acceptors (Lipinski definition) is 2. The standard InChI is InChI=1S/C14H18N2O/c1-2-16-8-4-7-14(16)10-15-13-6-3-5-12(9-13)11-17/h3-9,15,17H,2,10-11H2,1H3. The number of nitrogens with one attached hydrogen (secondary N) is 1. The maximum atomic E-state index is 9.06. The van der Waals surface area contributed by atoms with Crippen molar-refractivity contribution >= 4 is 5.69 Å². The van der Waals surface area contributed by atoms with Gasteiger partial charge in [-0.3, -0.25) is 0 Å². The quantitative estimate of drug-likeness (QED) is 0.828. The van der Waals surface area contributed by atoms with Gasteiger partial charge in [0.2, 0.25) is 0 Å². The van der Waals surface area contributed by atoms with Gasteiger partial charge in [-0.2, -0.15) is 0 Å². The van der Waals surface area contributed by atoms with Crippen LogP contribution in [-0.2, 0) is 19.7 Å². The molecule has 1 aromatic carbocycles. The fourth-order valence-electron chi connectivity index (χ4n) is 1.89. The van der Waals surface area contributed by atoms with Crippen LogP contribution in [0.3, 0.4) is 0 Å². The molecule has 0 aliphatic rings. The minimum absolute atomic E-state index is 0.0842. The Morgan fingerprint density at radius 3 is 2.88 bits per heavy atom. The van der Waals surface area contributed by atoms with Crippen LogP contribution in [0.15, 0.2) is 42.6 Å². The molecule has 0 saturated carbocycles. The van der Waals surface area contributed by atoms with Crippen LogP contribution in [0.1, 0.15) is 18.2 Å². The summed E-state index contributed by atoms with van der Waals surface area (Å²) in [5.74, 6) is 0. The lowest BCUT2D eigenvalue weighted by Gasteiger charge is -2.10. The highest BCUT2D eigenvalue weighted by Gasteiger charge is 1.99. The summed E-state index contributed by atoms with van der Waals surface area (Å²) in [6, 6.07) is 12.0. The van der Waals surface area contributed by atoms with Gasteiger partial charge in [-0.05, 0) is 36.8 Å². The molecule has 17 heavy (non-hydrogen) atoms. The van der Waals surface area contributed by atoms with Crippen LogP contribution in [0, 0.1) is 0 Å². The van der Waals surface area contributed by atoms with Gasteiger partial charge < -0.3 is 15.0 Å². The summed E-state index contributed by atoms with van der Waals surface area (Å²) in [6.45, 7) is 4.01. The van der Waals surface area contributed by atoms with E-state index in [1.807, 2.05) is 24.3 Å². The van der Waals surface area contributed by atoms with E-state index in [1.54, 1.807) is 0 Å². The van der Waals surface area contributed by atoms with Crippen molar-refractivity contribution < 1.29 is 5.11 Å². The zero-order valence-electron chi connectivity index (χ0n) is 10.1. The molecule has 0 amide bonds. The Morgan fingerprint density at radius 2 is 2.12 bits per heavy atom. The third-order valence-electron chi connectivity index (χ3n) is 2.85. The molecule has 0 radical (unpaired) electrons. The smallest absolute Gasteiger partial charge is 0.0682 e. The van der Waals surface area contributed by atoms with E-state index in [-0.39, 0.29) is 6.61 Å². The Hall–Kier alpha value is -1.74. The zero-order valence-corrected chi connectivity index (χ0v) is 10.1. The first-order chi connectivity index (χ1) is 8.33. The van der Waals surface area contributed by atoms with Gasteiger partial charge in [0.25, 0.3) is 0 Å². The number of aromatic nitrogens is 1. The first-order valence-electron chi connectivity index (χ1n) is 5.91. The molecular formula is C14H18N2O. The SMILES string of the molecule is CCn1cccc1CNc1cccc(CO)c1. The monoisotopic (exact) mass is 230 g/mol. The fraction of sp³-hybridized carbons (Fsp3) is 0.286. The molecule has 0 atom stereocenters. The largest absolute Gasteiger partial charge is 0.392 e. The molecule has 0 saturated heterocycles. The summed E-state index contributed by atoms with van der Waals surface area (Å²) >= 11 is 0. The molecular weight excluding hydrogens is 212 g/mol. The predicted molar refractivity (Wildman–Crippen MR) is 69.8 cm³/mol. The lowest BCUT2D eigenvalue weighted by molar-refractivity contribution is 0.282. The molecule has 0 unspecified atom stereocenters. The number of benzene rings is 1. The molecule has 0 aliphatic heterocycles. The minimum atomic E-state index is 0.0842. The Morgan fingerprint density at radius 1 is 1.24 bits per heavy atom. The molecule has 0 aliphatic carbocycles. The number of rotatable bonds is 5. The van der Waals surface area contributed by atoms with E-state index in [4.69, 9.17) is 5.11 Å². The molecule has 3 heteroatoms. The number of anilines is 1. The predicted octanol–water partition coefficient (Wildman–Crippen LogP) is 2.61. The Bertz CT molecular complexity index is 477. The second-order valence-corrected chi connectivity index (χ2v) is 4.00. The summed E-state index contributed by atoms with van der Waals surface area (Å²) in [5.41, 5.74) is 3.24. The van der Waals surface area contributed by atoms with E-state index in [0.29, 0.717) is 0 Å². The fourth-order valence-corrected chi connectivity index (χ4v) is 1.89. The Labute approximate surface area is 102 Å². The van der Waals surface area contributed by atoms with Crippen LogP contribution < -0.4 is 5.32 Å². The zero-order chi connectivity index (χ0) is 12.1. The van der Waals surface area contributed by atoms with Crippen molar-refractivity contribution in [2.75, 3.05) is 5.32 Å². The first-order valence-corrected chi connectivity index (χ1v) is 5.91. The highest BCUT2D eigenvalue weighted by atomic mass is 16.3. The number of aliphatic hydroxyl groups excluding tert-OH is 1. The van der Waals surface area contributed by atoms with Crippen LogP contribution >= 0.6 is 0 Å². The van der Waals surface area contributed by atoms with Gasteiger partial charge in [0.05, 0.1) is 13.2 Å². The van der Waals surface area contributed by atoms with Crippen molar-refractivity contribution in [3.05, 3.63) is 53.9 Å². The van der Waals surface area contributed by atoms with Gasteiger partial charge in [-0.15, -0.1) is 0 Å². The molecule has 2 rings (SSSR count). The Balaban J connectivity index is 2.02. The topological polar surface area (TPSA) is 37.2 Å². The highest BCUT2D eigenvalue weighted by Crippen LogP contribution is 2.12. The number of aliphatic hydroxyl groups is 1. The lowest BCUT2D eigenvalue weighted by Crippen LogP contribution is -2.06. The number of aryl methyl sites for hydroxylation is 1. The summed E-state index contributed by atoms with van der Waals surface area (Å²) in [4.78, 5) is 0. The minimum Gasteiger partial charge on any atom is -0.392 e. The number of nitrogens with zero attached hydrogens (tertiary/aromatic N) is 1. The maximum absolute atomic E-state index is 9.06. The molecule has 0 bridgehead atoms. The summed E-state index contributed by atoms with van der Waals surface area (Å²) in [5, 5.41) is 12.4. The van der Waals surface area contributed by atoms with E-state index < -0.39 is 0 Å². The summed E-state index contributed by atoms with van der Waals surface area (Å²) < 4.78 is 2.21. The van der Waals surface area contributed by atoms with Crippen molar-refractivity contribution in [1.29, 1.82) is 0 Å². The first kappa shape index (κ1) is 11.7. The molecule has 2 N–H and O–H groups in total. The summed E-state index contributed by atoms with van der Waals surface area (Å²) in [6.07, 6.45) is 2.08. The van der Waals surface area contributed by atoms with Gasteiger partial charge in [-0.1, -0.05) is 12.1 Å². The normalized spacial score (nSPS) is 10.5. The maximum Gasteiger partial charge on any atom is 0.0682 e. The van der Waals surface area contributed by atoms with Crippen molar-refractivity contribution in [3.63, 3.8) is 0 Å². The molecule has 0 spiro atoms. The van der Waals surface area contributed by atoms with Gasteiger partial charge in [0.15, 0.2) is 0 Å². The van der Waals surface area contributed by atoms with Crippen molar-refractivity contribution in [3.8, 4) is 0 Å². The van der Waals surface area contributed by atoms with Crippen LogP contribution in [0.25, 0.3) is 0 Å². The molecule has 3 nitrogen and oxygen atoms in total. The Kier molecular flexibility index (Phi) is 3.83. The van der Waals surface area contributed by atoms with Crippen molar-refractivity contribution in [2.24, 2.45) is 0 Å². The molecule has 2 aromatic rings. The number of hydrogen-bond donors (Lipinski definition) is 2. The van der Waals surface area contributed by atoms with Crippen molar-refractivity contribution in [2.45, 2.75) is 26.6 Å². The second-order valence-electron chi connectivity index (χ2n) is 4.00. The third-order valence-corrected chi connectivity index (χ3v) is 2.85. The van der Waals surface area contributed by atoms with Crippen LogP contribution in [0.4, 0.5) is 5.69 Å². The third kappa shape index (κ3) is 2.88. The van der Waals surface area contributed by atoms with Crippen LogP contribution in [0.5, 0.6) is 0 Å². The van der Waals surface area contributed by atoms with Gasteiger partial charge in [-0.25, -0.2) is 0 Å². The van der Waals surface area contributed by atoms with E-state index in [0.717, 1.165) is 24.3 Å². The average Bonchev–Trinajstić information content (AvgIpc) is 2.84. The van der Waals surface area contributed by atoms with Crippen LogP contribution in [-0.4, -0.2) is 9.67 Å². The van der Waals surface area contributed by atoms with Gasteiger partial charge in [0, 0.05) is 24.1 Å². The average molecular weight is 230 g/mol. The molecule has 1 heterocycles. The van der Waals surface area contributed by atoms with E-state index >= 15 is 0 Å². The van der Waals surface area contributed by atoms with E-state index in [2.05, 4.69) is 35.1 Å². The van der Waals surface area contributed by atoms with Crippen molar-refractivity contribution in [1.82, 2.24) is 4.57 Å². The molecule has 90 valence electrons. The van der Waals surface area contributed by atoms with E-state index in [9.17, 15) is 0 Å². The lowest BCUT2D eigenvalue weighted by atomic mass is 10.2. The second kappa shape index (κ2) is 5.55. The highest BCUT2D eigenvalue weighted by molar-refractivity contribution is 5.45. The van der Waals surface area contributed by atoms with Crippen LogP contribution in [0.2, 0.25) is 0 Å².